The van der Waals surface area contributed by atoms with Crippen LogP contribution >= 0.6 is 0 Å². The van der Waals surface area contributed by atoms with Gasteiger partial charge in [0.15, 0.2) is 11.6 Å². The molecule has 1 amide bonds. The lowest BCUT2D eigenvalue weighted by Crippen LogP contribution is -2.37. The van der Waals surface area contributed by atoms with Gasteiger partial charge in [0, 0.05) is 25.8 Å². The first-order chi connectivity index (χ1) is 8.99. The van der Waals surface area contributed by atoms with E-state index in [1.165, 1.54) is 11.9 Å². The van der Waals surface area contributed by atoms with Gasteiger partial charge >= 0.3 is 0 Å². The lowest BCUT2D eigenvalue weighted by molar-refractivity contribution is -0.128. The first kappa shape index (κ1) is 13.6. The fourth-order valence-corrected chi connectivity index (χ4v) is 2.30. The van der Waals surface area contributed by atoms with Gasteiger partial charge in [-0.3, -0.25) is 4.79 Å². The Hall–Kier alpha value is -1.85. The van der Waals surface area contributed by atoms with Crippen molar-refractivity contribution in [1.82, 2.24) is 4.90 Å². The summed E-state index contributed by atoms with van der Waals surface area (Å²) in [6.45, 7) is 1.40. The van der Waals surface area contributed by atoms with Crippen molar-refractivity contribution in [3.05, 3.63) is 23.8 Å². The summed E-state index contributed by atoms with van der Waals surface area (Å²) < 4.78 is 27.4. The molecule has 0 aliphatic carbocycles. The van der Waals surface area contributed by atoms with Gasteiger partial charge in [-0.2, -0.15) is 0 Å². The van der Waals surface area contributed by atoms with Crippen molar-refractivity contribution in [3.8, 4) is 0 Å². The van der Waals surface area contributed by atoms with E-state index in [-0.39, 0.29) is 23.8 Å². The average Bonchev–Trinajstić information content (AvgIpc) is 2.80. The predicted octanol–water partition coefficient (Wildman–Crippen LogP) is 1.61. The molecule has 0 atom stereocenters. The number of nitrogen functional groups attached to an aromatic ring is 1. The molecule has 1 fully saturated rings. The van der Waals surface area contributed by atoms with E-state index in [1.54, 1.807) is 4.90 Å². The van der Waals surface area contributed by atoms with Crippen molar-refractivity contribution < 1.29 is 13.6 Å². The molecule has 6 heteroatoms. The second-order valence-electron chi connectivity index (χ2n) is 4.78. The third-order valence-corrected chi connectivity index (χ3v) is 3.25. The van der Waals surface area contributed by atoms with Crippen molar-refractivity contribution in [3.63, 3.8) is 0 Å². The molecular weight excluding hydrogens is 252 g/mol. The standard InChI is InChI=1S/C13H17F2N3O/c1-17(8-12(19)18-4-2-3-5-18)13-10(14)6-9(16)7-11(13)15/h6-7H,2-5,8,16H2,1H3. The number of carbonyl (C=O) groups excluding carboxylic acids is 1. The molecule has 1 saturated heterocycles. The molecule has 2 rings (SSSR count). The predicted molar refractivity (Wildman–Crippen MR) is 69.9 cm³/mol. The number of nitrogens with two attached hydrogens (primary N) is 1. The van der Waals surface area contributed by atoms with Crippen LogP contribution in [0.1, 0.15) is 12.8 Å². The molecule has 0 radical (unpaired) electrons. The SMILES string of the molecule is CN(CC(=O)N1CCCC1)c1c(F)cc(N)cc1F. The number of carbonyl (C=O) groups is 1. The lowest BCUT2D eigenvalue weighted by Gasteiger charge is -2.23. The van der Waals surface area contributed by atoms with E-state index in [9.17, 15) is 13.6 Å². The summed E-state index contributed by atoms with van der Waals surface area (Å²) in [7, 11) is 1.49. The van der Waals surface area contributed by atoms with E-state index in [0.29, 0.717) is 0 Å². The van der Waals surface area contributed by atoms with Crippen molar-refractivity contribution in [2.45, 2.75) is 12.8 Å². The summed E-state index contributed by atoms with van der Waals surface area (Å²) in [6, 6.07) is 2.10. The molecule has 4 nitrogen and oxygen atoms in total. The maximum absolute atomic E-state index is 13.7. The molecule has 19 heavy (non-hydrogen) atoms. The third-order valence-electron chi connectivity index (χ3n) is 3.25. The normalized spacial score (nSPS) is 14.8. The van der Waals surface area contributed by atoms with Gasteiger partial charge in [-0.15, -0.1) is 0 Å². The van der Waals surface area contributed by atoms with Crippen LogP contribution in [0.2, 0.25) is 0 Å². The number of amides is 1. The van der Waals surface area contributed by atoms with Crippen LogP contribution in [0, 0.1) is 11.6 Å². The van der Waals surface area contributed by atoms with E-state index < -0.39 is 11.6 Å². The quantitative estimate of drug-likeness (QED) is 0.848. The fraction of sp³-hybridized carbons (Fsp3) is 0.462. The van der Waals surface area contributed by atoms with Crippen LogP contribution in [0.5, 0.6) is 0 Å². The number of likely N-dealkylation sites (N-methyl/N-ethyl adjacent to an activating group) is 1. The maximum Gasteiger partial charge on any atom is 0.242 e. The van der Waals surface area contributed by atoms with E-state index in [2.05, 4.69) is 0 Å². The van der Waals surface area contributed by atoms with Gasteiger partial charge in [-0.25, -0.2) is 8.78 Å². The molecule has 0 saturated carbocycles. The minimum Gasteiger partial charge on any atom is -0.399 e. The molecule has 104 valence electrons. The molecule has 1 aliphatic rings. The van der Waals surface area contributed by atoms with Crippen LogP contribution in [0.25, 0.3) is 0 Å². The van der Waals surface area contributed by atoms with E-state index in [1.807, 2.05) is 0 Å². The summed E-state index contributed by atoms with van der Waals surface area (Å²) in [5, 5.41) is 0. The minimum absolute atomic E-state index is 0.0259. The van der Waals surface area contributed by atoms with Crippen LogP contribution < -0.4 is 10.6 Å². The van der Waals surface area contributed by atoms with Crippen molar-refractivity contribution in [2.75, 3.05) is 37.3 Å². The van der Waals surface area contributed by atoms with Gasteiger partial charge in [-0.1, -0.05) is 0 Å². The number of benzene rings is 1. The maximum atomic E-state index is 13.7. The molecule has 1 aromatic carbocycles. The first-order valence-electron chi connectivity index (χ1n) is 6.22. The van der Waals surface area contributed by atoms with Gasteiger partial charge in [0.25, 0.3) is 0 Å². The van der Waals surface area contributed by atoms with Gasteiger partial charge < -0.3 is 15.5 Å². The third kappa shape index (κ3) is 2.94. The second kappa shape index (κ2) is 5.42. The highest BCUT2D eigenvalue weighted by molar-refractivity contribution is 5.81. The highest BCUT2D eigenvalue weighted by atomic mass is 19.1. The summed E-state index contributed by atoms with van der Waals surface area (Å²) in [5.74, 6) is -1.63. The summed E-state index contributed by atoms with van der Waals surface area (Å²) >= 11 is 0. The second-order valence-corrected chi connectivity index (χ2v) is 4.78. The lowest BCUT2D eigenvalue weighted by atomic mass is 10.2. The zero-order valence-electron chi connectivity index (χ0n) is 10.8. The van der Waals surface area contributed by atoms with Gasteiger partial charge in [0.05, 0.1) is 6.54 Å². The fourth-order valence-electron chi connectivity index (χ4n) is 2.30. The van der Waals surface area contributed by atoms with E-state index in [0.717, 1.165) is 38.1 Å². The minimum atomic E-state index is -0.755. The summed E-state index contributed by atoms with van der Waals surface area (Å²) in [4.78, 5) is 14.9. The Kier molecular flexibility index (Phi) is 3.87. The zero-order chi connectivity index (χ0) is 14.0. The molecule has 0 bridgehead atoms. The Morgan fingerprint density at radius 3 is 2.37 bits per heavy atom. The number of hydrogen-bond acceptors (Lipinski definition) is 3. The van der Waals surface area contributed by atoms with Crippen molar-refractivity contribution in [1.29, 1.82) is 0 Å². The Bertz CT molecular complexity index is 464. The van der Waals surface area contributed by atoms with Crippen LogP contribution in [0.3, 0.4) is 0 Å². The van der Waals surface area contributed by atoms with E-state index in [4.69, 9.17) is 5.73 Å². The molecule has 1 aliphatic heterocycles. The largest absolute Gasteiger partial charge is 0.399 e. The highest BCUT2D eigenvalue weighted by Gasteiger charge is 2.22. The number of anilines is 2. The first-order valence-corrected chi connectivity index (χ1v) is 6.22. The van der Waals surface area contributed by atoms with Crippen LogP contribution in [0.4, 0.5) is 20.2 Å². The van der Waals surface area contributed by atoms with Crippen LogP contribution in [0.15, 0.2) is 12.1 Å². The summed E-state index contributed by atoms with van der Waals surface area (Å²) in [5.41, 5.74) is 5.16. The monoisotopic (exact) mass is 269 g/mol. The van der Waals surface area contributed by atoms with Crippen molar-refractivity contribution in [2.24, 2.45) is 0 Å². The number of hydrogen-bond donors (Lipinski definition) is 1. The molecule has 0 unspecified atom stereocenters. The Labute approximate surface area is 110 Å². The van der Waals surface area contributed by atoms with Crippen molar-refractivity contribution >= 4 is 17.3 Å². The Balaban J connectivity index is 2.11. The zero-order valence-corrected chi connectivity index (χ0v) is 10.8. The number of halogens is 2. The molecule has 0 aromatic heterocycles. The molecule has 0 spiro atoms. The topological polar surface area (TPSA) is 49.6 Å². The van der Waals surface area contributed by atoms with Gasteiger partial charge in [0.1, 0.15) is 5.69 Å². The number of likely N-dealkylation sites (tertiary alicyclic amines) is 1. The van der Waals surface area contributed by atoms with E-state index >= 15 is 0 Å². The smallest absolute Gasteiger partial charge is 0.242 e. The van der Waals surface area contributed by atoms with Gasteiger partial charge in [-0.05, 0) is 25.0 Å². The molecule has 2 N–H and O–H groups in total. The molecular formula is C13H17F2N3O. The van der Waals surface area contributed by atoms with Gasteiger partial charge in [0.2, 0.25) is 5.91 Å². The number of rotatable bonds is 3. The average molecular weight is 269 g/mol. The molecule has 1 heterocycles. The Morgan fingerprint density at radius 2 is 1.84 bits per heavy atom. The van der Waals surface area contributed by atoms with Crippen LogP contribution in [-0.4, -0.2) is 37.5 Å². The Morgan fingerprint density at radius 1 is 1.32 bits per heavy atom. The highest BCUT2D eigenvalue weighted by Crippen LogP contribution is 2.25. The number of nitrogens with zero attached hydrogens (tertiary/aromatic N) is 2. The summed E-state index contributed by atoms with van der Waals surface area (Å²) in [6.07, 6.45) is 1.97. The van der Waals surface area contributed by atoms with Crippen LogP contribution in [-0.2, 0) is 4.79 Å². The molecule has 1 aromatic rings.